The topological polar surface area (TPSA) is 34.1 Å². The van der Waals surface area contributed by atoms with Crippen molar-refractivity contribution in [2.75, 3.05) is 13.2 Å². The largest absolute Gasteiger partial charge is 0.477 e. The lowest BCUT2D eigenvalue weighted by Gasteiger charge is -2.10. The van der Waals surface area contributed by atoms with Crippen LogP contribution in [0.2, 0.25) is 5.02 Å². The Hall–Kier alpha value is -0.800. The van der Waals surface area contributed by atoms with Gasteiger partial charge in [-0.2, -0.15) is 0 Å². The van der Waals surface area contributed by atoms with Gasteiger partial charge in [-0.25, -0.2) is 4.98 Å². The first-order chi connectivity index (χ1) is 9.63. The van der Waals surface area contributed by atoms with Crippen LogP contribution >= 0.6 is 11.6 Å². The molecule has 0 aliphatic rings. The third-order valence-electron chi connectivity index (χ3n) is 2.98. The number of nitrogens with zero attached hydrogens (tertiary/aromatic N) is 1. The highest BCUT2D eigenvalue weighted by atomic mass is 35.5. The first kappa shape index (κ1) is 17.3. The van der Waals surface area contributed by atoms with Crippen molar-refractivity contribution in [2.45, 2.75) is 53.0 Å². The summed E-state index contributed by atoms with van der Waals surface area (Å²) < 4.78 is 5.62. The van der Waals surface area contributed by atoms with E-state index in [2.05, 4.69) is 31.1 Å². The van der Waals surface area contributed by atoms with Crippen LogP contribution in [0.15, 0.2) is 12.3 Å². The monoisotopic (exact) mass is 298 g/mol. The van der Waals surface area contributed by atoms with Crippen LogP contribution in [0, 0.1) is 5.92 Å². The van der Waals surface area contributed by atoms with E-state index in [9.17, 15) is 0 Å². The molecule has 0 bridgehead atoms. The molecule has 0 aromatic carbocycles. The fourth-order valence-electron chi connectivity index (χ4n) is 1.87. The van der Waals surface area contributed by atoms with E-state index in [1.807, 2.05) is 12.3 Å². The molecule has 0 saturated carbocycles. The van der Waals surface area contributed by atoms with Gasteiger partial charge in [0.05, 0.1) is 6.61 Å². The fraction of sp³-hybridized carbons (Fsp3) is 0.688. The Morgan fingerprint density at radius 1 is 1.30 bits per heavy atom. The fourth-order valence-corrected chi connectivity index (χ4v) is 2.11. The molecule has 0 aliphatic heterocycles. The van der Waals surface area contributed by atoms with Crippen LogP contribution in [0.5, 0.6) is 5.88 Å². The van der Waals surface area contributed by atoms with Gasteiger partial charge in [-0.15, -0.1) is 0 Å². The molecule has 0 spiro atoms. The minimum atomic E-state index is 0.552. The molecule has 1 aromatic heterocycles. The molecule has 1 heterocycles. The van der Waals surface area contributed by atoms with Gasteiger partial charge in [0.25, 0.3) is 0 Å². The highest BCUT2D eigenvalue weighted by Crippen LogP contribution is 2.22. The van der Waals surface area contributed by atoms with Gasteiger partial charge >= 0.3 is 0 Å². The van der Waals surface area contributed by atoms with Crippen molar-refractivity contribution < 1.29 is 4.74 Å². The van der Waals surface area contributed by atoms with Crippen LogP contribution in [0.1, 0.15) is 52.0 Å². The Labute approximate surface area is 128 Å². The third-order valence-corrected chi connectivity index (χ3v) is 3.25. The average molecular weight is 299 g/mol. The highest BCUT2D eigenvalue weighted by Gasteiger charge is 2.05. The smallest absolute Gasteiger partial charge is 0.232 e. The number of rotatable bonds is 10. The van der Waals surface area contributed by atoms with E-state index in [0.717, 1.165) is 25.1 Å². The molecule has 20 heavy (non-hydrogen) atoms. The molecule has 0 unspecified atom stereocenters. The maximum atomic E-state index is 6.20. The molecule has 1 rings (SSSR count). The van der Waals surface area contributed by atoms with E-state index < -0.39 is 0 Å². The molecular formula is C16H27ClN2O. The first-order valence-electron chi connectivity index (χ1n) is 7.61. The molecule has 0 radical (unpaired) electrons. The molecule has 114 valence electrons. The molecule has 0 saturated heterocycles. The zero-order valence-corrected chi connectivity index (χ0v) is 13.7. The number of nitrogens with one attached hydrogen (secondary N) is 1. The summed E-state index contributed by atoms with van der Waals surface area (Å²) in [6.45, 7) is 9.05. The quantitative estimate of drug-likeness (QED) is 0.648. The summed E-state index contributed by atoms with van der Waals surface area (Å²) in [5, 5.41) is 3.98. The average Bonchev–Trinajstić information content (AvgIpc) is 2.40. The molecule has 4 heteroatoms. The van der Waals surface area contributed by atoms with Gasteiger partial charge in [-0.1, -0.05) is 51.6 Å². The lowest BCUT2D eigenvalue weighted by molar-refractivity contribution is 0.294. The van der Waals surface area contributed by atoms with Gasteiger partial charge in [0.1, 0.15) is 5.02 Å². The standard InChI is InChI=1S/C16H27ClN2O/c1-4-5-6-7-8-20-16-15(17)9-14(12-19-16)11-18-10-13(2)3/h9,12-13,18H,4-8,10-11H2,1-3H3. The summed E-state index contributed by atoms with van der Waals surface area (Å²) >= 11 is 6.20. The van der Waals surface area contributed by atoms with Gasteiger partial charge in [0, 0.05) is 12.7 Å². The third kappa shape index (κ3) is 7.11. The zero-order valence-electron chi connectivity index (χ0n) is 12.9. The normalized spacial score (nSPS) is 11.1. The van der Waals surface area contributed by atoms with Gasteiger partial charge in [-0.05, 0) is 30.5 Å². The number of hydrogen-bond acceptors (Lipinski definition) is 3. The highest BCUT2D eigenvalue weighted by molar-refractivity contribution is 6.31. The second kappa shape index (κ2) is 10.0. The van der Waals surface area contributed by atoms with E-state index in [0.29, 0.717) is 23.4 Å². The Morgan fingerprint density at radius 3 is 2.75 bits per heavy atom. The maximum Gasteiger partial charge on any atom is 0.232 e. The van der Waals surface area contributed by atoms with Crippen molar-refractivity contribution in [2.24, 2.45) is 5.92 Å². The summed E-state index contributed by atoms with van der Waals surface area (Å²) in [5.74, 6) is 1.19. The van der Waals surface area contributed by atoms with Crippen LogP contribution in [-0.2, 0) is 6.54 Å². The van der Waals surface area contributed by atoms with Crippen molar-refractivity contribution >= 4 is 11.6 Å². The van der Waals surface area contributed by atoms with Crippen LogP contribution in [0.25, 0.3) is 0 Å². The molecule has 3 nitrogen and oxygen atoms in total. The predicted molar refractivity (Wildman–Crippen MR) is 85.4 cm³/mol. The Bertz CT molecular complexity index is 383. The number of pyridine rings is 1. The van der Waals surface area contributed by atoms with Gasteiger partial charge < -0.3 is 10.1 Å². The summed E-state index contributed by atoms with van der Waals surface area (Å²) in [6, 6.07) is 1.93. The van der Waals surface area contributed by atoms with E-state index >= 15 is 0 Å². The molecule has 0 aliphatic carbocycles. The minimum absolute atomic E-state index is 0.552. The molecule has 0 atom stereocenters. The molecule has 1 aromatic rings. The second-order valence-corrected chi connectivity index (χ2v) is 5.97. The second-order valence-electron chi connectivity index (χ2n) is 5.56. The predicted octanol–water partition coefficient (Wildman–Crippen LogP) is 4.44. The van der Waals surface area contributed by atoms with Gasteiger partial charge in [-0.3, -0.25) is 0 Å². The number of ether oxygens (including phenoxy) is 1. The zero-order chi connectivity index (χ0) is 14.8. The van der Waals surface area contributed by atoms with Crippen molar-refractivity contribution in [1.29, 1.82) is 0 Å². The van der Waals surface area contributed by atoms with Crippen LogP contribution < -0.4 is 10.1 Å². The first-order valence-corrected chi connectivity index (χ1v) is 7.99. The Morgan fingerprint density at radius 2 is 2.10 bits per heavy atom. The van der Waals surface area contributed by atoms with Crippen LogP contribution in [0.4, 0.5) is 0 Å². The van der Waals surface area contributed by atoms with Crippen molar-refractivity contribution in [1.82, 2.24) is 10.3 Å². The Balaban J connectivity index is 2.35. The number of hydrogen-bond donors (Lipinski definition) is 1. The van der Waals surface area contributed by atoms with E-state index in [1.54, 1.807) is 0 Å². The SMILES string of the molecule is CCCCCCOc1ncc(CNCC(C)C)cc1Cl. The van der Waals surface area contributed by atoms with Gasteiger partial charge in [0.15, 0.2) is 0 Å². The van der Waals surface area contributed by atoms with Crippen LogP contribution in [-0.4, -0.2) is 18.1 Å². The molecule has 0 fully saturated rings. The van der Waals surface area contributed by atoms with E-state index in [-0.39, 0.29) is 0 Å². The van der Waals surface area contributed by atoms with E-state index in [1.165, 1.54) is 19.3 Å². The summed E-state index contributed by atoms with van der Waals surface area (Å²) in [6.07, 6.45) is 6.58. The van der Waals surface area contributed by atoms with Crippen molar-refractivity contribution in [3.05, 3.63) is 22.8 Å². The maximum absolute atomic E-state index is 6.20. The Kier molecular flexibility index (Phi) is 8.63. The number of unbranched alkanes of at least 4 members (excludes halogenated alkanes) is 3. The van der Waals surface area contributed by atoms with Crippen molar-refractivity contribution in [3.8, 4) is 5.88 Å². The van der Waals surface area contributed by atoms with E-state index in [4.69, 9.17) is 16.3 Å². The number of halogens is 1. The molecular weight excluding hydrogens is 272 g/mol. The summed E-state index contributed by atoms with van der Waals surface area (Å²) in [4.78, 5) is 4.30. The lowest BCUT2D eigenvalue weighted by Crippen LogP contribution is -2.19. The summed E-state index contributed by atoms with van der Waals surface area (Å²) in [7, 11) is 0. The number of aromatic nitrogens is 1. The molecule has 0 amide bonds. The minimum Gasteiger partial charge on any atom is -0.477 e. The van der Waals surface area contributed by atoms with Crippen LogP contribution in [0.3, 0.4) is 0 Å². The lowest BCUT2D eigenvalue weighted by atomic mass is 10.2. The van der Waals surface area contributed by atoms with Crippen molar-refractivity contribution in [3.63, 3.8) is 0 Å². The van der Waals surface area contributed by atoms with Gasteiger partial charge in [0.2, 0.25) is 5.88 Å². The summed E-state index contributed by atoms with van der Waals surface area (Å²) in [5.41, 5.74) is 1.09. The molecule has 1 N–H and O–H groups in total.